The molecule has 107 heavy (non-hydrogen) atoms. The topological polar surface area (TPSA) is 237 Å². The van der Waals surface area contributed by atoms with E-state index in [1.165, 1.54) is 257 Å². The zero-order valence-corrected chi connectivity index (χ0v) is 72.6. The van der Waals surface area contributed by atoms with Crippen molar-refractivity contribution in [2.24, 2.45) is 23.7 Å². The number of esters is 4. The molecular formula is C88H172O17P2. The van der Waals surface area contributed by atoms with Crippen molar-refractivity contribution in [1.29, 1.82) is 0 Å². The maximum atomic E-state index is 13.2. The molecule has 0 fully saturated rings. The van der Waals surface area contributed by atoms with E-state index in [4.69, 9.17) is 37.0 Å². The van der Waals surface area contributed by atoms with Crippen LogP contribution < -0.4 is 0 Å². The predicted octanol–water partition coefficient (Wildman–Crippen LogP) is 26.7. The molecule has 0 aliphatic rings. The first-order valence-electron chi connectivity index (χ1n) is 45.2. The van der Waals surface area contributed by atoms with Gasteiger partial charge in [-0.25, -0.2) is 9.13 Å². The molecule has 0 saturated heterocycles. The molecule has 4 unspecified atom stereocenters. The van der Waals surface area contributed by atoms with E-state index in [1.807, 2.05) is 0 Å². The van der Waals surface area contributed by atoms with Crippen LogP contribution in [-0.4, -0.2) is 96.7 Å². The maximum Gasteiger partial charge on any atom is 0.472 e. The molecule has 0 aliphatic heterocycles. The number of carbonyl (C=O) groups is 4. The van der Waals surface area contributed by atoms with Crippen molar-refractivity contribution in [2.45, 2.75) is 478 Å². The highest BCUT2D eigenvalue weighted by molar-refractivity contribution is 7.47. The van der Waals surface area contributed by atoms with Gasteiger partial charge in [0.1, 0.15) is 19.3 Å². The third-order valence-electron chi connectivity index (χ3n) is 20.9. The number of hydrogen-bond donors (Lipinski definition) is 3. The van der Waals surface area contributed by atoms with E-state index in [0.717, 1.165) is 114 Å². The van der Waals surface area contributed by atoms with Crippen LogP contribution in [0.2, 0.25) is 0 Å². The molecule has 0 rings (SSSR count). The number of phosphoric acid groups is 2. The monoisotopic (exact) mass is 1560 g/mol. The average molecular weight is 1560 g/mol. The van der Waals surface area contributed by atoms with Gasteiger partial charge in [0, 0.05) is 25.7 Å². The Balaban J connectivity index is 5.19. The molecule has 17 nitrogen and oxygen atoms in total. The zero-order chi connectivity index (χ0) is 78.8. The third-order valence-corrected chi connectivity index (χ3v) is 22.8. The fourth-order valence-corrected chi connectivity index (χ4v) is 15.2. The molecule has 0 bridgehead atoms. The van der Waals surface area contributed by atoms with Gasteiger partial charge >= 0.3 is 39.5 Å². The zero-order valence-electron chi connectivity index (χ0n) is 70.8. The van der Waals surface area contributed by atoms with Crippen LogP contribution in [0.15, 0.2) is 0 Å². The molecular weight excluding hydrogens is 1390 g/mol. The Labute approximate surface area is 658 Å². The lowest BCUT2D eigenvalue weighted by Gasteiger charge is -2.21. The molecule has 0 spiro atoms. The Morgan fingerprint density at radius 2 is 0.449 bits per heavy atom. The van der Waals surface area contributed by atoms with Gasteiger partial charge in [0.15, 0.2) is 12.2 Å². The molecule has 19 heteroatoms. The Bertz CT molecular complexity index is 2080. The molecule has 0 aliphatic carbocycles. The van der Waals surface area contributed by atoms with Crippen molar-refractivity contribution in [1.82, 2.24) is 0 Å². The first kappa shape index (κ1) is 105. The van der Waals surface area contributed by atoms with Crippen LogP contribution in [0.5, 0.6) is 0 Å². The minimum absolute atomic E-state index is 0.107. The Morgan fingerprint density at radius 3 is 0.664 bits per heavy atom. The maximum absolute atomic E-state index is 13.2. The van der Waals surface area contributed by atoms with E-state index < -0.39 is 97.5 Å². The summed E-state index contributed by atoms with van der Waals surface area (Å²) in [6, 6.07) is 0. The fourth-order valence-electron chi connectivity index (χ4n) is 13.6. The second-order valence-electron chi connectivity index (χ2n) is 33.3. The van der Waals surface area contributed by atoms with Gasteiger partial charge in [0.2, 0.25) is 0 Å². The van der Waals surface area contributed by atoms with Gasteiger partial charge in [-0.3, -0.25) is 37.3 Å². The molecule has 0 aromatic heterocycles. The molecule has 6 atom stereocenters. The molecule has 0 saturated carbocycles. The summed E-state index contributed by atoms with van der Waals surface area (Å²) in [7, 11) is -9.93. The standard InChI is InChI=1S/C88H172O17P2/c1-9-81(8)67-59-51-42-36-30-24-17-12-10-11-13-18-25-31-37-43-52-60-68-85(90)98-74-83(104-87(92)70-63-55-45-39-33-27-21-20-23-29-35-41-49-57-65-79(4)5)76-102-106(94,95)100-72-82(89)73-101-107(96,97)103-77-84(75-99-86(91)69-61-53-47-46-50-58-66-80(6)7)105-88(93)71-62-54-44-38-32-26-19-15-14-16-22-28-34-40-48-56-64-78(2)3/h78-84,89H,9-77H2,1-8H3,(H,94,95)(H,96,97)/t81?,82?,83-,84-/m1/s1. The number of aliphatic hydroxyl groups is 1. The van der Waals surface area contributed by atoms with Crippen LogP contribution in [0, 0.1) is 23.7 Å². The van der Waals surface area contributed by atoms with Crippen molar-refractivity contribution in [2.75, 3.05) is 39.6 Å². The molecule has 0 aromatic rings. The largest absolute Gasteiger partial charge is 0.472 e. The summed E-state index contributed by atoms with van der Waals surface area (Å²) in [4.78, 5) is 73.2. The third kappa shape index (κ3) is 80.5. The van der Waals surface area contributed by atoms with E-state index in [1.54, 1.807) is 0 Å². The molecule has 0 radical (unpaired) electrons. The molecule has 0 aromatic carbocycles. The van der Waals surface area contributed by atoms with Gasteiger partial charge in [-0.05, 0) is 49.4 Å². The van der Waals surface area contributed by atoms with Gasteiger partial charge in [0.05, 0.1) is 26.4 Å². The summed E-state index contributed by atoms with van der Waals surface area (Å²) in [6.45, 7) is 14.3. The first-order valence-corrected chi connectivity index (χ1v) is 48.2. The quantitative estimate of drug-likeness (QED) is 0.0222. The normalized spacial score (nSPS) is 14.1. The lowest BCUT2D eigenvalue weighted by molar-refractivity contribution is -0.161. The van der Waals surface area contributed by atoms with Crippen molar-refractivity contribution < 1.29 is 80.2 Å². The second-order valence-corrected chi connectivity index (χ2v) is 36.2. The highest BCUT2D eigenvalue weighted by atomic mass is 31.2. The van der Waals surface area contributed by atoms with Crippen molar-refractivity contribution in [3.05, 3.63) is 0 Å². The number of carbonyl (C=O) groups excluding carboxylic acids is 4. The smallest absolute Gasteiger partial charge is 0.462 e. The summed E-state index contributed by atoms with van der Waals surface area (Å²) in [5, 5.41) is 10.7. The van der Waals surface area contributed by atoms with Gasteiger partial charge < -0.3 is 33.8 Å². The summed E-state index contributed by atoms with van der Waals surface area (Å²) in [5.74, 6) is 1.05. The van der Waals surface area contributed by atoms with Crippen LogP contribution in [0.1, 0.15) is 460 Å². The number of aliphatic hydroxyl groups excluding tert-OH is 1. The number of phosphoric ester groups is 2. The van der Waals surface area contributed by atoms with Crippen molar-refractivity contribution in [3.8, 4) is 0 Å². The van der Waals surface area contributed by atoms with Gasteiger partial charge in [0.25, 0.3) is 0 Å². The number of ether oxygens (including phenoxy) is 4. The Kier molecular flexibility index (Phi) is 75.3. The number of hydrogen-bond acceptors (Lipinski definition) is 15. The fraction of sp³-hybridized carbons (Fsp3) is 0.955. The van der Waals surface area contributed by atoms with E-state index in [-0.39, 0.29) is 25.7 Å². The van der Waals surface area contributed by atoms with Crippen LogP contribution in [0.25, 0.3) is 0 Å². The number of unbranched alkanes of at least 4 members (excludes halogenated alkanes) is 50. The minimum atomic E-state index is -4.97. The highest BCUT2D eigenvalue weighted by Gasteiger charge is 2.31. The molecule has 0 amide bonds. The van der Waals surface area contributed by atoms with Crippen LogP contribution >= 0.6 is 15.6 Å². The van der Waals surface area contributed by atoms with Gasteiger partial charge in [-0.1, -0.05) is 409 Å². The van der Waals surface area contributed by atoms with E-state index in [0.29, 0.717) is 31.6 Å². The van der Waals surface area contributed by atoms with E-state index >= 15 is 0 Å². The van der Waals surface area contributed by atoms with E-state index in [2.05, 4.69) is 55.4 Å². The lowest BCUT2D eigenvalue weighted by Crippen LogP contribution is -2.30. The predicted molar refractivity (Wildman–Crippen MR) is 441 cm³/mol. The SMILES string of the molecule is CCC(C)CCCCCCCCCCCCCCCCCCCCC(=O)OC[C@H](COP(=O)(O)OCC(O)COP(=O)(O)OC[C@@H](COC(=O)CCCCCCCCC(C)C)OC(=O)CCCCCCCCCCCCCCCCCCC(C)C)OC(=O)CCCCCCCCCCCCCCCCC(C)C. The number of rotatable bonds is 85. The summed E-state index contributed by atoms with van der Waals surface area (Å²) in [6.07, 6.45) is 66.9. The molecule has 3 N–H and O–H groups in total. The average Bonchev–Trinajstić information content (AvgIpc) is 0.899. The summed E-state index contributed by atoms with van der Waals surface area (Å²) < 4.78 is 68.9. The molecule has 0 heterocycles. The van der Waals surface area contributed by atoms with Crippen LogP contribution in [0.3, 0.4) is 0 Å². The highest BCUT2D eigenvalue weighted by Crippen LogP contribution is 2.45. The first-order chi connectivity index (χ1) is 51.6. The van der Waals surface area contributed by atoms with Gasteiger partial charge in [-0.2, -0.15) is 0 Å². The van der Waals surface area contributed by atoms with Crippen LogP contribution in [0.4, 0.5) is 0 Å². The Morgan fingerprint density at radius 1 is 0.262 bits per heavy atom. The van der Waals surface area contributed by atoms with Crippen molar-refractivity contribution in [3.63, 3.8) is 0 Å². The van der Waals surface area contributed by atoms with Crippen LogP contribution in [-0.2, 0) is 65.4 Å². The van der Waals surface area contributed by atoms with E-state index in [9.17, 15) is 43.2 Å². The Hall–Kier alpha value is -1.94. The lowest BCUT2D eigenvalue weighted by atomic mass is 9.99. The van der Waals surface area contributed by atoms with Gasteiger partial charge in [-0.15, -0.1) is 0 Å². The summed E-state index contributed by atoms with van der Waals surface area (Å²) >= 11 is 0. The minimum Gasteiger partial charge on any atom is -0.462 e. The van der Waals surface area contributed by atoms with Crippen molar-refractivity contribution >= 4 is 39.5 Å². The second kappa shape index (κ2) is 76.7. The summed E-state index contributed by atoms with van der Waals surface area (Å²) in [5.41, 5.74) is 0. The molecule has 636 valence electrons.